The van der Waals surface area contributed by atoms with E-state index in [1.165, 1.54) is 22.5 Å². The highest BCUT2D eigenvalue weighted by Crippen LogP contribution is 2.43. The van der Waals surface area contributed by atoms with Gasteiger partial charge < -0.3 is 56.7 Å². The van der Waals surface area contributed by atoms with E-state index in [4.69, 9.17) is 46.9 Å². The summed E-state index contributed by atoms with van der Waals surface area (Å²) in [6.45, 7) is 31.9. The molecule has 9 rings (SSSR count). The van der Waals surface area contributed by atoms with Gasteiger partial charge in [-0.2, -0.15) is 0 Å². The van der Waals surface area contributed by atoms with E-state index < -0.39 is 14.0 Å². The summed E-state index contributed by atoms with van der Waals surface area (Å²) in [7, 11) is -1.30. The molecule has 0 spiro atoms. The zero-order valence-corrected chi connectivity index (χ0v) is 45.3. The van der Waals surface area contributed by atoms with Gasteiger partial charge in [-0.15, -0.1) is 0 Å². The number of benzene rings is 4. The molecule has 4 aromatic rings. The third-order valence-corrected chi connectivity index (χ3v) is 15.3. The van der Waals surface area contributed by atoms with Crippen LogP contribution in [-0.4, -0.2) is 120 Å². The Morgan fingerprint density at radius 2 is 0.871 bits per heavy atom. The molecular weight excluding hydrogens is 949 g/mol. The van der Waals surface area contributed by atoms with Crippen molar-refractivity contribution >= 4 is 53.9 Å². The van der Waals surface area contributed by atoms with E-state index in [2.05, 4.69) is 120 Å². The van der Waals surface area contributed by atoms with Gasteiger partial charge in [-0.05, 0) is 130 Å². The minimum Gasteiger partial charge on any atom is -0.405 e. The molecule has 5 aliphatic rings. The summed E-state index contributed by atoms with van der Waals surface area (Å²) < 4.78 is 60.9. The van der Waals surface area contributed by atoms with Crippen molar-refractivity contribution in [2.75, 3.05) is 62.4 Å². The molecule has 378 valence electrons. The highest BCUT2D eigenvalue weighted by Gasteiger charge is 2.63. The van der Waals surface area contributed by atoms with E-state index in [0.29, 0.717) is 33.0 Å². The summed E-state index contributed by atoms with van der Waals surface area (Å²) in [6, 6.07) is 37.3. The van der Waals surface area contributed by atoms with Crippen molar-refractivity contribution in [1.82, 2.24) is 0 Å². The summed E-state index contributed by atoms with van der Waals surface area (Å²) in [6.07, 6.45) is 0.180. The Hall–Kier alpha value is -3.25. The van der Waals surface area contributed by atoms with Crippen molar-refractivity contribution in [3.05, 3.63) is 125 Å². The van der Waals surface area contributed by atoms with Crippen LogP contribution >= 0.6 is 15.9 Å². The number of halogens is 1. The fraction of sp³-hybridized carbons (Fsp3) is 0.556. The quantitative estimate of drug-likeness (QED) is 0.127. The molecule has 0 bridgehead atoms. The standard InChI is InChI=1S/C24H32BNO4.C18H20BrNO2.C12H24B2O4/c1-23(2)24(3,4)30-25(29-23)20-11-8-12-21(15-20)26-13-14-28-22(16-26)18-27-17-19-9-6-5-7-10-19;19-16-7-4-8-17(11-16)20-9-10-22-18(12-20)14-21-13-15-5-2-1-3-6-15;1-9(2)10(3,4)16-13(15-9)14-17-11(5,6)12(7,8)18-14/h5-12,15,22H,13-14,16-18H2,1-4H3;1-8,11,18H,9-10,12-14H2;1-8H3/t22-;18-;/m00./s1. The third kappa shape index (κ3) is 13.9. The third-order valence-electron chi connectivity index (χ3n) is 14.8. The van der Waals surface area contributed by atoms with Crippen LogP contribution in [0.4, 0.5) is 11.4 Å². The first-order valence-electron chi connectivity index (χ1n) is 24.9. The van der Waals surface area contributed by atoms with E-state index in [0.717, 1.165) is 42.7 Å². The van der Waals surface area contributed by atoms with Gasteiger partial charge in [0, 0.05) is 42.0 Å². The van der Waals surface area contributed by atoms with Crippen LogP contribution in [0.25, 0.3) is 0 Å². The summed E-state index contributed by atoms with van der Waals surface area (Å²) >= 11 is 3.53. The van der Waals surface area contributed by atoms with E-state index in [1.54, 1.807) is 0 Å². The Morgan fingerprint density at radius 1 is 0.486 bits per heavy atom. The normalized spacial score (nSPS) is 23.9. The lowest BCUT2D eigenvalue weighted by molar-refractivity contribution is -0.0283. The molecule has 2 atom stereocenters. The van der Waals surface area contributed by atoms with Crippen LogP contribution in [0.3, 0.4) is 0 Å². The molecule has 0 unspecified atom stereocenters. The van der Waals surface area contributed by atoms with Crippen molar-refractivity contribution in [2.24, 2.45) is 0 Å². The zero-order valence-electron chi connectivity index (χ0n) is 43.7. The van der Waals surface area contributed by atoms with Gasteiger partial charge in [-0.3, -0.25) is 0 Å². The van der Waals surface area contributed by atoms with Crippen molar-refractivity contribution in [2.45, 2.75) is 142 Å². The molecule has 16 heteroatoms. The average molecular weight is 1030 g/mol. The molecule has 0 amide bonds. The first-order chi connectivity index (χ1) is 33.0. The predicted molar refractivity (Wildman–Crippen MR) is 285 cm³/mol. The number of hydrogen-bond donors (Lipinski definition) is 0. The minimum absolute atomic E-state index is 0.0583. The van der Waals surface area contributed by atoms with Crippen molar-refractivity contribution in [3.8, 4) is 0 Å². The molecule has 5 aliphatic heterocycles. The van der Waals surface area contributed by atoms with Crippen LogP contribution in [-0.2, 0) is 60.1 Å². The maximum atomic E-state index is 6.22. The zero-order chi connectivity index (χ0) is 50.4. The van der Waals surface area contributed by atoms with Crippen LogP contribution in [0.15, 0.2) is 114 Å². The monoisotopic (exact) mass is 1020 g/mol. The largest absolute Gasteiger partial charge is 0.494 e. The first-order valence-corrected chi connectivity index (χ1v) is 25.7. The summed E-state index contributed by atoms with van der Waals surface area (Å²) in [5.41, 5.74) is 3.70. The lowest BCUT2D eigenvalue weighted by Gasteiger charge is -2.34. The van der Waals surface area contributed by atoms with Gasteiger partial charge in [0.15, 0.2) is 0 Å². The molecule has 70 heavy (non-hydrogen) atoms. The number of hydrogen-bond acceptors (Lipinski definition) is 12. The van der Waals surface area contributed by atoms with Crippen LogP contribution in [0.1, 0.15) is 94.2 Å². The number of nitrogens with zero attached hydrogens (tertiary/aromatic N) is 2. The van der Waals surface area contributed by atoms with Crippen LogP contribution < -0.4 is 15.3 Å². The van der Waals surface area contributed by atoms with Gasteiger partial charge >= 0.3 is 21.1 Å². The maximum absolute atomic E-state index is 6.22. The van der Waals surface area contributed by atoms with Crippen LogP contribution in [0, 0.1) is 0 Å². The van der Waals surface area contributed by atoms with E-state index in [9.17, 15) is 0 Å². The Morgan fingerprint density at radius 3 is 1.29 bits per heavy atom. The van der Waals surface area contributed by atoms with Gasteiger partial charge in [0.05, 0.1) is 85.5 Å². The topological polar surface area (TPSA) is 98.8 Å². The van der Waals surface area contributed by atoms with Gasteiger partial charge in [0.1, 0.15) is 0 Å². The molecule has 0 N–H and O–H groups in total. The summed E-state index contributed by atoms with van der Waals surface area (Å²) in [5.74, 6) is 0. The number of morpholine rings is 2. The van der Waals surface area contributed by atoms with Crippen molar-refractivity contribution < 1.29 is 46.9 Å². The predicted octanol–water partition coefficient (Wildman–Crippen LogP) is 9.53. The Kier molecular flexibility index (Phi) is 17.8. The second-order valence-corrected chi connectivity index (χ2v) is 22.7. The van der Waals surface area contributed by atoms with Crippen LogP contribution in [0.5, 0.6) is 0 Å². The second kappa shape index (κ2) is 22.9. The first kappa shape index (κ1) is 54.5. The fourth-order valence-corrected chi connectivity index (χ4v) is 8.78. The molecular formula is C54H76B3BrN2O10. The highest BCUT2D eigenvalue weighted by molar-refractivity contribution is 9.10. The van der Waals surface area contributed by atoms with E-state index in [1.807, 2.05) is 97.9 Å². The minimum atomic E-state index is -0.476. The summed E-state index contributed by atoms with van der Waals surface area (Å²) in [5, 5.41) is 0. The lowest BCUT2D eigenvalue weighted by atomic mass is 9.49. The molecule has 12 nitrogen and oxygen atoms in total. The smallest absolute Gasteiger partial charge is 0.405 e. The van der Waals surface area contributed by atoms with Gasteiger partial charge in [0.25, 0.3) is 0 Å². The SMILES string of the molecule is Brc1cccc(N2CCO[C@H](COCc3ccccc3)C2)c1.CC1(C)OB(B2OC(C)(C)C(C)(C)O2)OC1(C)C.CC1(C)OB(c2cccc(N3CCO[C@H](COCc4ccccc4)C3)c2)OC1(C)C. The Labute approximate surface area is 428 Å². The molecule has 0 aliphatic carbocycles. The van der Waals surface area contributed by atoms with Crippen molar-refractivity contribution in [1.29, 1.82) is 0 Å². The summed E-state index contributed by atoms with van der Waals surface area (Å²) in [4.78, 5) is 4.71. The molecule has 5 fully saturated rings. The average Bonchev–Trinajstić information content (AvgIpc) is 3.80. The lowest BCUT2D eigenvalue weighted by Crippen LogP contribution is -2.45. The van der Waals surface area contributed by atoms with Crippen molar-refractivity contribution in [3.63, 3.8) is 0 Å². The molecule has 5 heterocycles. The molecule has 0 aromatic heterocycles. The molecule has 4 aromatic carbocycles. The van der Waals surface area contributed by atoms with Gasteiger partial charge in [0.2, 0.25) is 0 Å². The molecule has 0 saturated carbocycles. The Balaban J connectivity index is 0.000000161. The van der Waals surface area contributed by atoms with Gasteiger partial charge in [-0.1, -0.05) is 94.8 Å². The number of ether oxygens (including phenoxy) is 4. The van der Waals surface area contributed by atoms with E-state index in [-0.39, 0.29) is 52.9 Å². The maximum Gasteiger partial charge on any atom is 0.494 e. The van der Waals surface area contributed by atoms with Crippen LogP contribution in [0.2, 0.25) is 0 Å². The molecule has 5 saturated heterocycles. The van der Waals surface area contributed by atoms with E-state index >= 15 is 0 Å². The van der Waals surface area contributed by atoms with Gasteiger partial charge in [-0.25, -0.2) is 0 Å². The fourth-order valence-electron chi connectivity index (χ4n) is 8.39. The second-order valence-electron chi connectivity index (χ2n) is 21.8. The number of rotatable bonds is 12. The Bertz CT molecular complexity index is 2190. The number of anilines is 2. The highest BCUT2D eigenvalue weighted by atomic mass is 79.9. The molecule has 0 radical (unpaired) electrons.